The van der Waals surface area contributed by atoms with Crippen LogP contribution in [0.2, 0.25) is 0 Å². The van der Waals surface area contributed by atoms with E-state index in [1.165, 1.54) is 19.2 Å². The molecule has 2 rings (SSSR count). The molecule has 2 aromatic rings. The fraction of sp³-hybridized carbons (Fsp3) is 0.200. The van der Waals surface area contributed by atoms with Crippen LogP contribution < -0.4 is 4.74 Å². The van der Waals surface area contributed by atoms with Gasteiger partial charge in [-0.3, -0.25) is 0 Å². The van der Waals surface area contributed by atoms with Crippen LogP contribution in [0.5, 0.6) is 5.75 Å². The molecule has 0 bridgehead atoms. The first-order valence-electron chi connectivity index (χ1n) is 4.06. The Morgan fingerprint density at radius 2 is 2.29 bits per heavy atom. The third kappa shape index (κ3) is 1.79. The highest BCUT2D eigenvalue weighted by Gasteiger charge is 2.09. The van der Waals surface area contributed by atoms with Gasteiger partial charge in [-0.2, -0.15) is 0 Å². The lowest BCUT2D eigenvalue weighted by atomic mass is 10.2. The zero-order chi connectivity index (χ0) is 10.1. The molecule has 0 aliphatic carbocycles. The molecule has 1 aromatic heterocycles. The lowest BCUT2D eigenvalue weighted by Crippen LogP contribution is -1.86. The van der Waals surface area contributed by atoms with Gasteiger partial charge in [0, 0.05) is 24.4 Å². The Morgan fingerprint density at radius 1 is 1.50 bits per heavy atom. The van der Waals surface area contributed by atoms with E-state index in [4.69, 9.17) is 4.74 Å². The normalized spacial score (nSPS) is 10.8. The first kappa shape index (κ1) is 10.7. The maximum atomic E-state index is 5.39. The SMILES string of the molecule is COc1cc(CBr)cc2scc(I)c12. The minimum absolute atomic E-state index is 0.869. The minimum atomic E-state index is 0.869. The molecule has 74 valence electrons. The summed E-state index contributed by atoms with van der Waals surface area (Å²) >= 11 is 7.57. The second-order valence-corrected chi connectivity index (χ2v) is 5.52. The molecular formula is C10H8BrIOS. The van der Waals surface area contributed by atoms with Crippen LogP contribution in [0.25, 0.3) is 10.1 Å². The molecule has 1 heterocycles. The number of thiophene rings is 1. The number of alkyl halides is 1. The highest BCUT2D eigenvalue weighted by Crippen LogP contribution is 2.36. The standard InChI is InChI=1S/C10H8BrIOS/c1-13-8-2-6(4-11)3-9-10(8)7(12)5-14-9/h2-3,5H,4H2,1H3. The molecule has 0 radical (unpaired) electrons. The van der Waals surface area contributed by atoms with Crippen molar-refractivity contribution in [2.75, 3.05) is 7.11 Å². The molecule has 0 amide bonds. The van der Waals surface area contributed by atoms with E-state index in [2.05, 4.69) is 56.0 Å². The van der Waals surface area contributed by atoms with Crippen LogP contribution in [0.3, 0.4) is 0 Å². The summed E-state index contributed by atoms with van der Waals surface area (Å²) in [5, 5.41) is 4.27. The van der Waals surface area contributed by atoms with Crippen LogP contribution in [-0.2, 0) is 5.33 Å². The van der Waals surface area contributed by atoms with Crippen molar-refractivity contribution in [3.63, 3.8) is 0 Å². The first-order chi connectivity index (χ1) is 6.76. The van der Waals surface area contributed by atoms with E-state index in [1.54, 1.807) is 18.4 Å². The second-order valence-electron chi connectivity index (χ2n) is 2.89. The van der Waals surface area contributed by atoms with Crippen molar-refractivity contribution in [3.8, 4) is 5.75 Å². The quantitative estimate of drug-likeness (QED) is 0.552. The molecule has 14 heavy (non-hydrogen) atoms. The summed E-state index contributed by atoms with van der Waals surface area (Å²) in [6, 6.07) is 4.30. The Kier molecular flexibility index (Phi) is 3.34. The molecule has 0 atom stereocenters. The maximum Gasteiger partial charge on any atom is 0.128 e. The fourth-order valence-electron chi connectivity index (χ4n) is 1.38. The Balaban J connectivity index is 2.76. The third-order valence-electron chi connectivity index (χ3n) is 2.03. The number of hydrogen-bond acceptors (Lipinski definition) is 2. The monoisotopic (exact) mass is 382 g/mol. The summed E-state index contributed by atoms with van der Waals surface area (Å²) in [5.74, 6) is 0.975. The molecule has 1 aromatic carbocycles. The highest BCUT2D eigenvalue weighted by atomic mass is 127. The van der Waals surface area contributed by atoms with Crippen molar-refractivity contribution in [2.24, 2.45) is 0 Å². The summed E-state index contributed by atoms with van der Waals surface area (Å²) in [7, 11) is 1.72. The molecule has 0 N–H and O–H groups in total. The third-order valence-corrected chi connectivity index (χ3v) is 4.88. The summed E-state index contributed by atoms with van der Waals surface area (Å²) < 4.78 is 7.95. The molecular weight excluding hydrogens is 375 g/mol. The van der Waals surface area contributed by atoms with Gasteiger partial charge >= 0.3 is 0 Å². The molecule has 0 fully saturated rings. The summed E-state index contributed by atoms with van der Waals surface area (Å²) in [4.78, 5) is 0. The summed E-state index contributed by atoms with van der Waals surface area (Å²) in [5.41, 5.74) is 1.26. The van der Waals surface area contributed by atoms with E-state index in [-0.39, 0.29) is 0 Å². The van der Waals surface area contributed by atoms with Gasteiger partial charge in [0.2, 0.25) is 0 Å². The molecule has 4 heteroatoms. The Bertz CT molecular complexity index is 466. The van der Waals surface area contributed by atoms with Crippen LogP contribution in [0, 0.1) is 3.57 Å². The zero-order valence-electron chi connectivity index (χ0n) is 7.51. The number of fused-ring (bicyclic) bond motifs is 1. The molecule has 1 nitrogen and oxygen atoms in total. The Hall–Kier alpha value is 0.190. The Morgan fingerprint density at radius 3 is 2.93 bits per heavy atom. The molecule has 0 spiro atoms. The van der Waals surface area contributed by atoms with E-state index in [0.29, 0.717) is 0 Å². The average molecular weight is 383 g/mol. The smallest absolute Gasteiger partial charge is 0.128 e. The molecule has 0 aliphatic rings. The van der Waals surface area contributed by atoms with Crippen molar-refractivity contribution in [3.05, 3.63) is 26.6 Å². The van der Waals surface area contributed by atoms with E-state index in [9.17, 15) is 0 Å². The number of halogens is 2. The van der Waals surface area contributed by atoms with E-state index in [0.717, 1.165) is 11.1 Å². The van der Waals surface area contributed by atoms with Gasteiger partial charge in [-0.05, 0) is 40.3 Å². The van der Waals surface area contributed by atoms with Crippen LogP contribution in [0.1, 0.15) is 5.56 Å². The van der Waals surface area contributed by atoms with Crippen molar-refractivity contribution in [2.45, 2.75) is 5.33 Å². The van der Waals surface area contributed by atoms with Gasteiger partial charge in [0.05, 0.1) is 7.11 Å². The van der Waals surface area contributed by atoms with Crippen LogP contribution >= 0.6 is 49.9 Å². The van der Waals surface area contributed by atoms with E-state index in [1.807, 2.05) is 0 Å². The van der Waals surface area contributed by atoms with Gasteiger partial charge in [0.1, 0.15) is 5.75 Å². The number of hydrogen-bond donors (Lipinski definition) is 0. The molecule has 0 saturated heterocycles. The number of rotatable bonds is 2. The Labute approximate surface area is 109 Å². The van der Waals surface area contributed by atoms with Crippen molar-refractivity contribution in [1.82, 2.24) is 0 Å². The zero-order valence-corrected chi connectivity index (χ0v) is 12.1. The molecule has 0 saturated carbocycles. The molecule has 0 unspecified atom stereocenters. The number of benzene rings is 1. The first-order valence-corrected chi connectivity index (χ1v) is 7.14. The minimum Gasteiger partial charge on any atom is -0.496 e. The second kappa shape index (κ2) is 4.37. The average Bonchev–Trinajstić information content (AvgIpc) is 2.59. The molecule has 0 aliphatic heterocycles. The topological polar surface area (TPSA) is 9.23 Å². The van der Waals surface area contributed by atoms with Gasteiger partial charge in [-0.1, -0.05) is 15.9 Å². The largest absolute Gasteiger partial charge is 0.496 e. The van der Waals surface area contributed by atoms with Gasteiger partial charge in [-0.15, -0.1) is 11.3 Å². The summed E-state index contributed by atoms with van der Waals surface area (Å²) in [6.07, 6.45) is 0. The predicted molar refractivity (Wildman–Crippen MR) is 73.7 cm³/mol. The highest BCUT2D eigenvalue weighted by molar-refractivity contribution is 14.1. The maximum absolute atomic E-state index is 5.39. The van der Waals surface area contributed by atoms with Crippen LogP contribution in [-0.4, -0.2) is 7.11 Å². The number of ether oxygens (including phenoxy) is 1. The van der Waals surface area contributed by atoms with Crippen molar-refractivity contribution >= 4 is 59.9 Å². The lowest BCUT2D eigenvalue weighted by Gasteiger charge is -2.04. The van der Waals surface area contributed by atoms with Gasteiger partial charge in [-0.25, -0.2) is 0 Å². The van der Waals surface area contributed by atoms with Crippen LogP contribution in [0.15, 0.2) is 17.5 Å². The van der Waals surface area contributed by atoms with Crippen molar-refractivity contribution in [1.29, 1.82) is 0 Å². The van der Waals surface area contributed by atoms with E-state index < -0.39 is 0 Å². The van der Waals surface area contributed by atoms with Gasteiger partial charge in [0.25, 0.3) is 0 Å². The lowest BCUT2D eigenvalue weighted by molar-refractivity contribution is 0.419. The van der Waals surface area contributed by atoms with Gasteiger partial charge < -0.3 is 4.74 Å². The van der Waals surface area contributed by atoms with Crippen LogP contribution in [0.4, 0.5) is 0 Å². The number of methoxy groups -OCH3 is 1. The summed E-state index contributed by atoms with van der Waals surface area (Å²) in [6.45, 7) is 0. The van der Waals surface area contributed by atoms with Gasteiger partial charge in [0.15, 0.2) is 0 Å². The predicted octanol–water partition coefficient (Wildman–Crippen LogP) is 4.41. The van der Waals surface area contributed by atoms with Crippen molar-refractivity contribution < 1.29 is 4.74 Å². The van der Waals surface area contributed by atoms with E-state index >= 15 is 0 Å². The fourth-order valence-corrected chi connectivity index (χ4v) is 3.73.